The highest BCUT2D eigenvalue weighted by molar-refractivity contribution is 5.71. The van der Waals surface area contributed by atoms with Crippen LogP contribution in [0.25, 0.3) is 0 Å². The summed E-state index contributed by atoms with van der Waals surface area (Å²) in [6, 6.07) is 5.54. The maximum absolute atomic E-state index is 11.1. The van der Waals surface area contributed by atoms with Crippen molar-refractivity contribution in [2.45, 2.75) is 19.4 Å². The summed E-state index contributed by atoms with van der Waals surface area (Å²) >= 11 is 0. The van der Waals surface area contributed by atoms with Gasteiger partial charge in [-0.05, 0) is 25.0 Å². The summed E-state index contributed by atoms with van der Waals surface area (Å²) in [5, 5.41) is 0. The van der Waals surface area contributed by atoms with E-state index >= 15 is 0 Å². The molecule has 0 aliphatic heterocycles. The van der Waals surface area contributed by atoms with Crippen molar-refractivity contribution in [2.75, 3.05) is 20.8 Å². The van der Waals surface area contributed by atoms with Gasteiger partial charge in [-0.3, -0.25) is 0 Å². The molecule has 0 aliphatic carbocycles. The molecule has 0 aromatic heterocycles. The fourth-order valence-electron chi connectivity index (χ4n) is 1.58. The first-order valence-corrected chi connectivity index (χ1v) is 5.69. The third-order valence-electron chi connectivity index (χ3n) is 2.38. The molecule has 0 heterocycles. The van der Waals surface area contributed by atoms with Crippen molar-refractivity contribution in [1.29, 1.82) is 0 Å². The summed E-state index contributed by atoms with van der Waals surface area (Å²) in [4.78, 5) is 11.1. The molecule has 100 valence electrons. The Bertz CT molecular complexity index is 404. The lowest BCUT2D eigenvalue weighted by Crippen LogP contribution is -2.19. The molecular weight excluding hydrogens is 234 g/mol. The zero-order valence-electron chi connectivity index (χ0n) is 10.9. The van der Waals surface area contributed by atoms with E-state index in [1.54, 1.807) is 13.2 Å². The van der Waals surface area contributed by atoms with Crippen molar-refractivity contribution in [3.8, 4) is 11.5 Å². The number of nitrogens with two attached hydrogens (primary N) is 1. The van der Waals surface area contributed by atoms with Crippen LogP contribution in [0.15, 0.2) is 18.2 Å². The van der Waals surface area contributed by atoms with Crippen LogP contribution in [0.4, 0.5) is 0 Å². The van der Waals surface area contributed by atoms with Crippen molar-refractivity contribution in [1.82, 2.24) is 0 Å². The molecule has 0 spiro atoms. The smallest absolute Gasteiger partial charge is 0.343 e. The van der Waals surface area contributed by atoms with E-state index in [9.17, 15) is 4.79 Å². The van der Waals surface area contributed by atoms with E-state index in [0.717, 1.165) is 5.56 Å². The molecule has 5 nitrogen and oxygen atoms in total. The molecule has 0 saturated heterocycles. The van der Waals surface area contributed by atoms with Crippen LogP contribution in [0.1, 0.15) is 12.5 Å². The van der Waals surface area contributed by atoms with Crippen LogP contribution in [0.2, 0.25) is 0 Å². The Morgan fingerprint density at radius 2 is 2.11 bits per heavy atom. The SMILES string of the molecule is COC(=O)COc1c(CC(C)N)cccc1OC. The Hall–Kier alpha value is -1.75. The van der Waals surface area contributed by atoms with Gasteiger partial charge in [0, 0.05) is 6.04 Å². The van der Waals surface area contributed by atoms with Gasteiger partial charge >= 0.3 is 5.97 Å². The Labute approximate surface area is 107 Å². The zero-order chi connectivity index (χ0) is 13.5. The lowest BCUT2D eigenvalue weighted by molar-refractivity contribution is -0.142. The van der Waals surface area contributed by atoms with Gasteiger partial charge in [-0.15, -0.1) is 0 Å². The van der Waals surface area contributed by atoms with E-state index in [4.69, 9.17) is 15.2 Å². The predicted octanol–water partition coefficient (Wildman–Crippen LogP) is 1.14. The number of hydrogen-bond donors (Lipinski definition) is 1. The molecule has 0 saturated carbocycles. The van der Waals surface area contributed by atoms with E-state index < -0.39 is 5.97 Å². The third-order valence-corrected chi connectivity index (χ3v) is 2.38. The van der Waals surface area contributed by atoms with Crippen LogP contribution in [0.5, 0.6) is 11.5 Å². The van der Waals surface area contributed by atoms with Gasteiger partial charge < -0.3 is 19.9 Å². The maximum atomic E-state index is 11.1. The minimum absolute atomic E-state index is 0.00224. The number of esters is 1. The fraction of sp³-hybridized carbons (Fsp3) is 0.462. The van der Waals surface area contributed by atoms with Gasteiger partial charge in [-0.25, -0.2) is 4.79 Å². The van der Waals surface area contributed by atoms with Gasteiger partial charge in [0.15, 0.2) is 18.1 Å². The number of methoxy groups -OCH3 is 2. The van der Waals surface area contributed by atoms with Crippen LogP contribution < -0.4 is 15.2 Å². The molecule has 2 N–H and O–H groups in total. The van der Waals surface area contributed by atoms with Crippen LogP contribution in [-0.4, -0.2) is 32.8 Å². The molecule has 1 aromatic rings. The molecule has 1 rings (SSSR count). The van der Waals surface area contributed by atoms with Crippen molar-refractivity contribution in [3.05, 3.63) is 23.8 Å². The Kier molecular flexibility index (Phi) is 5.45. The second-order valence-electron chi connectivity index (χ2n) is 3.99. The zero-order valence-corrected chi connectivity index (χ0v) is 10.9. The van der Waals surface area contributed by atoms with E-state index in [-0.39, 0.29) is 12.6 Å². The lowest BCUT2D eigenvalue weighted by Gasteiger charge is -2.15. The molecule has 0 fully saturated rings. The summed E-state index contributed by atoms with van der Waals surface area (Å²) in [6.07, 6.45) is 0.647. The van der Waals surface area contributed by atoms with Crippen LogP contribution in [0, 0.1) is 0 Å². The predicted molar refractivity (Wildman–Crippen MR) is 67.9 cm³/mol. The largest absolute Gasteiger partial charge is 0.493 e. The summed E-state index contributed by atoms with van der Waals surface area (Å²) in [7, 11) is 2.87. The summed E-state index contributed by atoms with van der Waals surface area (Å²) < 4.78 is 15.2. The number of rotatable bonds is 6. The molecule has 1 aromatic carbocycles. The minimum atomic E-state index is -0.437. The molecule has 18 heavy (non-hydrogen) atoms. The maximum Gasteiger partial charge on any atom is 0.343 e. The normalized spacial score (nSPS) is 11.8. The van der Waals surface area contributed by atoms with Crippen molar-refractivity contribution >= 4 is 5.97 Å². The first kappa shape index (κ1) is 14.3. The Morgan fingerprint density at radius 3 is 2.67 bits per heavy atom. The van der Waals surface area contributed by atoms with Crippen LogP contribution in [-0.2, 0) is 16.0 Å². The summed E-state index contributed by atoms with van der Waals surface area (Å²) in [6.45, 7) is 1.76. The average molecular weight is 253 g/mol. The fourth-order valence-corrected chi connectivity index (χ4v) is 1.58. The average Bonchev–Trinajstić information content (AvgIpc) is 2.35. The standard InChI is InChI=1S/C13H19NO4/c1-9(14)7-10-5-4-6-11(16-2)13(10)18-8-12(15)17-3/h4-6,9H,7-8,14H2,1-3H3. The van der Waals surface area contributed by atoms with Crippen LogP contribution >= 0.6 is 0 Å². The second kappa shape index (κ2) is 6.86. The quantitative estimate of drug-likeness (QED) is 0.770. The number of para-hydroxylation sites is 1. The Balaban J connectivity index is 2.92. The third kappa shape index (κ3) is 3.92. The van der Waals surface area contributed by atoms with Crippen molar-refractivity contribution < 1.29 is 19.0 Å². The van der Waals surface area contributed by atoms with Crippen molar-refractivity contribution in [2.24, 2.45) is 5.73 Å². The van der Waals surface area contributed by atoms with Gasteiger partial charge in [0.1, 0.15) is 0 Å². The number of ether oxygens (including phenoxy) is 3. The molecule has 0 bridgehead atoms. The molecular formula is C13H19NO4. The van der Waals surface area contributed by atoms with E-state index in [1.165, 1.54) is 7.11 Å². The molecule has 0 amide bonds. The Morgan fingerprint density at radius 1 is 1.39 bits per heavy atom. The summed E-state index contributed by atoms with van der Waals surface area (Å²) in [5.41, 5.74) is 6.69. The molecule has 1 atom stereocenters. The highest BCUT2D eigenvalue weighted by Crippen LogP contribution is 2.31. The highest BCUT2D eigenvalue weighted by Gasteiger charge is 2.13. The lowest BCUT2D eigenvalue weighted by atomic mass is 10.1. The first-order valence-electron chi connectivity index (χ1n) is 5.69. The van der Waals surface area contributed by atoms with Gasteiger partial charge in [0.05, 0.1) is 14.2 Å². The number of benzene rings is 1. The second-order valence-corrected chi connectivity index (χ2v) is 3.99. The van der Waals surface area contributed by atoms with Gasteiger partial charge in [0.25, 0.3) is 0 Å². The van der Waals surface area contributed by atoms with E-state index in [2.05, 4.69) is 4.74 Å². The van der Waals surface area contributed by atoms with Gasteiger partial charge in [-0.2, -0.15) is 0 Å². The van der Waals surface area contributed by atoms with Gasteiger partial charge in [0.2, 0.25) is 0 Å². The topological polar surface area (TPSA) is 70.8 Å². The van der Waals surface area contributed by atoms with E-state index in [1.807, 2.05) is 19.1 Å². The molecule has 5 heteroatoms. The number of carbonyl (C=O) groups is 1. The molecule has 0 aliphatic rings. The first-order chi connectivity index (χ1) is 8.58. The molecule has 1 unspecified atom stereocenters. The molecule has 0 radical (unpaired) electrons. The highest BCUT2D eigenvalue weighted by atomic mass is 16.6. The monoisotopic (exact) mass is 253 g/mol. The van der Waals surface area contributed by atoms with E-state index in [0.29, 0.717) is 17.9 Å². The van der Waals surface area contributed by atoms with Crippen LogP contribution in [0.3, 0.4) is 0 Å². The van der Waals surface area contributed by atoms with Crippen molar-refractivity contribution in [3.63, 3.8) is 0 Å². The van der Waals surface area contributed by atoms with Gasteiger partial charge in [-0.1, -0.05) is 12.1 Å². The number of hydrogen-bond acceptors (Lipinski definition) is 5. The number of carbonyl (C=O) groups excluding carboxylic acids is 1. The minimum Gasteiger partial charge on any atom is -0.493 e. The summed E-state index contributed by atoms with van der Waals surface area (Å²) in [5.74, 6) is 0.687.